The molecule has 1 aromatic carbocycles. The van der Waals surface area contributed by atoms with E-state index in [0.717, 1.165) is 37.3 Å². The van der Waals surface area contributed by atoms with E-state index in [-0.39, 0.29) is 29.6 Å². The Kier molecular flexibility index (Phi) is 6.21. The van der Waals surface area contributed by atoms with E-state index in [1.165, 1.54) is 6.07 Å². The summed E-state index contributed by atoms with van der Waals surface area (Å²) in [4.78, 5) is 27.2. The highest BCUT2D eigenvalue weighted by molar-refractivity contribution is 5.93. The molecule has 1 fully saturated rings. The standard InChI is InChI=1S/C21H22N2O4.ClH/c1-14-6-7-18-15(11-14)17(24)12-20(27-18)21(25)22-13-16(19-5-4-10-26-19)23-8-2-3-9-23;/h4-7,10-12,16H,2-3,8-9,13H2,1H3,(H,22,25);1H. The molecule has 148 valence electrons. The van der Waals surface area contributed by atoms with Crippen molar-refractivity contribution in [2.45, 2.75) is 25.8 Å². The molecule has 0 radical (unpaired) electrons. The van der Waals surface area contributed by atoms with E-state index in [9.17, 15) is 9.59 Å². The summed E-state index contributed by atoms with van der Waals surface area (Å²) < 4.78 is 11.2. The Morgan fingerprint density at radius 2 is 2.00 bits per heavy atom. The molecule has 1 amide bonds. The molecular weight excluding hydrogens is 380 g/mol. The molecule has 0 spiro atoms. The summed E-state index contributed by atoms with van der Waals surface area (Å²) in [5, 5.41) is 3.38. The van der Waals surface area contributed by atoms with E-state index < -0.39 is 5.91 Å². The molecule has 6 nitrogen and oxygen atoms in total. The molecule has 3 aromatic rings. The van der Waals surface area contributed by atoms with Gasteiger partial charge in [0.25, 0.3) is 5.91 Å². The Morgan fingerprint density at radius 3 is 2.71 bits per heavy atom. The minimum atomic E-state index is -0.398. The summed E-state index contributed by atoms with van der Waals surface area (Å²) in [6, 6.07) is 10.4. The maximum absolute atomic E-state index is 12.6. The first-order valence-electron chi connectivity index (χ1n) is 9.22. The van der Waals surface area contributed by atoms with Crippen LogP contribution >= 0.6 is 12.4 Å². The highest BCUT2D eigenvalue weighted by atomic mass is 35.5. The molecular formula is C21H23ClN2O4. The number of furan rings is 1. The van der Waals surface area contributed by atoms with Crippen LogP contribution in [0.5, 0.6) is 0 Å². The molecule has 0 saturated carbocycles. The normalized spacial score (nSPS) is 15.3. The number of amides is 1. The van der Waals surface area contributed by atoms with Gasteiger partial charge in [0.1, 0.15) is 11.3 Å². The van der Waals surface area contributed by atoms with Gasteiger partial charge in [-0.2, -0.15) is 0 Å². The van der Waals surface area contributed by atoms with Crippen molar-refractivity contribution < 1.29 is 13.6 Å². The molecule has 1 atom stereocenters. The average Bonchev–Trinajstić information content (AvgIpc) is 3.36. The molecule has 28 heavy (non-hydrogen) atoms. The van der Waals surface area contributed by atoms with Crippen LogP contribution in [0.3, 0.4) is 0 Å². The fourth-order valence-corrected chi connectivity index (χ4v) is 3.60. The van der Waals surface area contributed by atoms with Crippen LogP contribution in [0.25, 0.3) is 11.0 Å². The monoisotopic (exact) mass is 402 g/mol. The lowest BCUT2D eigenvalue weighted by molar-refractivity contribution is 0.0906. The lowest BCUT2D eigenvalue weighted by Gasteiger charge is -2.25. The first-order chi connectivity index (χ1) is 13.1. The van der Waals surface area contributed by atoms with Crippen molar-refractivity contribution in [3.63, 3.8) is 0 Å². The summed E-state index contributed by atoms with van der Waals surface area (Å²) in [6.07, 6.45) is 3.93. The van der Waals surface area contributed by atoms with Gasteiger partial charge in [-0.1, -0.05) is 11.6 Å². The van der Waals surface area contributed by atoms with E-state index in [0.29, 0.717) is 17.5 Å². The molecule has 0 bridgehead atoms. The molecule has 1 aliphatic rings. The molecule has 3 heterocycles. The van der Waals surface area contributed by atoms with Gasteiger partial charge in [-0.3, -0.25) is 14.5 Å². The van der Waals surface area contributed by atoms with Crippen molar-refractivity contribution in [2.24, 2.45) is 0 Å². The Labute approximate surface area is 168 Å². The zero-order valence-corrected chi connectivity index (χ0v) is 16.5. The lowest BCUT2D eigenvalue weighted by atomic mass is 10.1. The van der Waals surface area contributed by atoms with Gasteiger partial charge in [0.05, 0.1) is 17.7 Å². The predicted octanol–water partition coefficient (Wildman–Crippen LogP) is 3.68. The average molecular weight is 403 g/mol. The summed E-state index contributed by atoms with van der Waals surface area (Å²) in [5.41, 5.74) is 1.17. The minimum absolute atomic E-state index is 0. The van der Waals surface area contributed by atoms with Gasteiger partial charge < -0.3 is 14.2 Å². The van der Waals surface area contributed by atoms with Crippen molar-refractivity contribution in [1.29, 1.82) is 0 Å². The number of hydrogen-bond donors (Lipinski definition) is 1. The van der Waals surface area contributed by atoms with Crippen LogP contribution in [0, 0.1) is 6.92 Å². The number of benzene rings is 1. The van der Waals surface area contributed by atoms with Gasteiger partial charge in [-0.05, 0) is 57.1 Å². The number of nitrogens with one attached hydrogen (secondary N) is 1. The number of rotatable bonds is 5. The van der Waals surface area contributed by atoms with Gasteiger partial charge >= 0.3 is 0 Å². The highest BCUT2D eigenvalue weighted by Crippen LogP contribution is 2.25. The number of halogens is 1. The largest absolute Gasteiger partial charge is 0.468 e. The number of aryl methyl sites for hydroxylation is 1. The van der Waals surface area contributed by atoms with Crippen LogP contribution in [-0.2, 0) is 0 Å². The number of carbonyl (C=O) groups is 1. The molecule has 4 rings (SSSR count). The van der Waals surface area contributed by atoms with Crippen LogP contribution in [0.2, 0.25) is 0 Å². The first kappa shape index (κ1) is 20.2. The quantitative estimate of drug-likeness (QED) is 0.704. The molecule has 7 heteroatoms. The van der Waals surface area contributed by atoms with Crippen LogP contribution in [0.1, 0.15) is 40.8 Å². The number of carbonyl (C=O) groups excluding carboxylic acids is 1. The summed E-state index contributed by atoms with van der Waals surface area (Å²) in [6.45, 7) is 4.26. The van der Waals surface area contributed by atoms with Gasteiger partial charge in [0, 0.05) is 12.6 Å². The third-order valence-electron chi connectivity index (χ3n) is 5.02. The van der Waals surface area contributed by atoms with Crippen molar-refractivity contribution in [1.82, 2.24) is 10.2 Å². The predicted molar refractivity (Wildman–Crippen MR) is 109 cm³/mol. The fraction of sp³-hybridized carbons (Fsp3) is 0.333. The summed E-state index contributed by atoms with van der Waals surface area (Å²) in [5.74, 6) is 0.453. The molecule has 2 aromatic heterocycles. The van der Waals surface area contributed by atoms with E-state index in [4.69, 9.17) is 8.83 Å². The minimum Gasteiger partial charge on any atom is -0.468 e. The number of hydrogen-bond acceptors (Lipinski definition) is 5. The van der Waals surface area contributed by atoms with Crippen molar-refractivity contribution in [2.75, 3.05) is 19.6 Å². The van der Waals surface area contributed by atoms with E-state index in [1.54, 1.807) is 18.4 Å². The summed E-state index contributed by atoms with van der Waals surface area (Å²) >= 11 is 0. The summed E-state index contributed by atoms with van der Waals surface area (Å²) in [7, 11) is 0. The van der Waals surface area contributed by atoms with Gasteiger partial charge in [0.2, 0.25) is 0 Å². The molecule has 1 unspecified atom stereocenters. The smallest absolute Gasteiger partial charge is 0.287 e. The molecule has 1 saturated heterocycles. The van der Waals surface area contributed by atoms with Crippen LogP contribution in [0.15, 0.2) is 56.3 Å². The lowest BCUT2D eigenvalue weighted by Crippen LogP contribution is -2.36. The zero-order chi connectivity index (χ0) is 18.8. The van der Waals surface area contributed by atoms with Crippen molar-refractivity contribution in [3.05, 3.63) is 70.0 Å². The van der Waals surface area contributed by atoms with E-state index in [2.05, 4.69) is 10.2 Å². The van der Waals surface area contributed by atoms with Crippen molar-refractivity contribution >= 4 is 29.3 Å². The maximum atomic E-state index is 12.6. The SMILES string of the molecule is Cc1ccc2oc(C(=O)NCC(c3ccco3)N3CCCC3)cc(=O)c2c1.Cl. The zero-order valence-electron chi connectivity index (χ0n) is 15.6. The molecule has 1 aliphatic heterocycles. The highest BCUT2D eigenvalue weighted by Gasteiger charge is 2.26. The Morgan fingerprint density at radius 1 is 1.21 bits per heavy atom. The first-order valence-corrected chi connectivity index (χ1v) is 9.22. The van der Waals surface area contributed by atoms with E-state index >= 15 is 0 Å². The van der Waals surface area contributed by atoms with Crippen molar-refractivity contribution in [3.8, 4) is 0 Å². The number of likely N-dealkylation sites (tertiary alicyclic amines) is 1. The van der Waals surface area contributed by atoms with Crippen LogP contribution in [-0.4, -0.2) is 30.4 Å². The second-order valence-corrected chi connectivity index (χ2v) is 6.96. The maximum Gasteiger partial charge on any atom is 0.287 e. The number of fused-ring (bicyclic) bond motifs is 1. The topological polar surface area (TPSA) is 75.7 Å². The van der Waals surface area contributed by atoms with Gasteiger partial charge in [-0.15, -0.1) is 12.4 Å². The fourth-order valence-electron chi connectivity index (χ4n) is 3.60. The second-order valence-electron chi connectivity index (χ2n) is 6.96. The van der Waals surface area contributed by atoms with Gasteiger partial charge in [0.15, 0.2) is 11.2 Å². The molecule has 1 N–H and O–H groups in total. The molecule has 0 aliphatic carbocycles. The van der Waals surface area contributed by atoms with E-state index in [1.807, 2.05) is 25.1 Å². The second kappa shape index (κ2) is 8.63. The van der Waals surface area contributed by atoms with Gasteiger partial charge in [-0.25, -0.2) is 0 Å². The van der Waals surface area contributed by atoms with Crippen LogP contribution < -0.4 is 10.7 Å². The Bertz CT molecular complexity index is 1010. The van der Waals surface area contributed by atoms with Crippen LogP contribution in [0.4, 0.5) is 0 Å². The third kappa shape index (κ3) is 4.13. The number of nitrogens with zero attached hydrogens (tertiary/aromatic N) is 1. The Hall–Kier alpha value is -2.57. The Balaban J connectivity index is 0.00000225. The third-order valence-corrected chi connectivity index (χ3v) is 5.02.